The van der Waals surface area contributed by atoms with Gasteiger partial charge in [-0.1, -0.05) is 37.1 Å². The van der Waals surface area contributed by atoms with Crippen LogP contribution in [0, 0.1) is 10.1 Å². The van der Waals surface area contributed by atoms with Crippen molar-refractivity contribution in [2.24, 2.45) is 0 Å². The van der Waals surface area contributed by atoms with Crippen LogP contribution in [-0.2, 0) is 9.59 Å². The lowest BCUT2D eigenvalue weighted by molar-refractivity contribution is -0.384. The molecule has 1 aliphatic carbocycles. The Morgan fingerprint density at radius 1 is 1.09 bits per heavy atom. The number of nitrogens with zero attached hydrogens (tertiary/aromatic N) is 2. The highest BCUT2D eigenvalue weighted by Crippen LogP contribution is 2.48. The van der Waals surface area contributed by atoms with Gasteiger partial charge in [0, 0.05) is 29.3 Å². The van der Waals surface area contributed by atoms with Crippen LogP contribution in [0.5, 0.6) is 11.5 Å². The summed E-state index contributed by atoms with van der Waals surface area (Å²) in [4.78, 5) is 38.6. The quantitative estimate of drug-likeness (QED) is 0.231. The molecule has 1 atom stereocenters. The number of aliphatic hydroxyl groups excluding tert-OH is 1. The second-order valence-electron chi connectivity index (χ2n) is 8.03. The van der Waals surface area contributed by atoms with Gasteiger partial charge in [0.15, 0.2) is 11.5 Å². The van der Waals surface area contributed by atoms with Gasteiger partial charge in [0.1, 0.15) is 5.76 Å². The monoisotopic (exact) mass is 452 g/mol. The Balaban J connectivity index is 1.96. The average molecular weight is 452 g/mol. The van der Waals surface area contributed by atoms with E-state index in [9.17, 15) is 24.8 Å². The number of carbonyl (C=O) groups is 2. The van der Waals surface area contributed by atoms with Crippen LogP contribution in [0.3, 0.4) is 0 Å². The first-order valence-electron chi connectivity index (χ1n) is 10.6. The Kier molecular flexibility index (Phi) is 6.04. The Labute approximate surface area is 190 Å². The standard InChI is InChI=1S/C24H24N2O7/c1-32-18-12-6-11-17(23(18)33-2)20-19(21(27)14-7-5-10-16(13-14)26(30)31)22(28)24(29)25(20)15-8-3-4-9-15/h5-7,10-13,15,20,27H,3-4,8-9H2,1-2H3/b21-19-. The third-order valence-corrected chi connectivity index (χ3v) is 6.26. The molecule has 1 heterocycles. The molecule has 0 aromatic heterocycles. The van der Waals surface area contributed by atoms with Gasteiger partial charge in [0.05, 0.1) is 30.8 Å². The number of ether oxygens (including phenoxy) is 2. The molecule has 1 unspecified atom stereocenters. The average Bonchev–Trinajstić information content (AvgIpc) is 3.44. The van der Waals surface area contributed by atoms with Crippen molar-refractivity contribution >= 4 is 23.1 Å². The van der Waals surface area contributed by atoms with Crippen molar-refractivity contribution in [1.29, 1.82) is 0 Å². The Bertz CT molecular complexity index is 1150. The largest absolute Gasteiger partial charge is 0.507 e. The number of amides is 1. The number of rotatable bonds is 6. The lowest BCUT2D eigenvalue weighted by Crippen LogP contribution is -2.37. The van der Waals surface area contributed by atoms with Crippen molar-refractivity contribution < 1.29 is 29.1 Å². The Hall–Kier alpha value is -3.88. The number of hydrogen-bond donors (Lipinski definition) is 1. The van der Waals surface area contributed by atoms with Gasteiger partial charge in [-0.2, -0.15) is 0 Å². The molecule has 2 aromatic rings. The minimum Gasteiger partial charge on any atom is -0.507 e. The zero-order valence-electron chi connectivity index (χ0n) is 18.3. The summed E-state index contributed by atoms with van der Waals surface area (Å²) in [6, 6.07) is 9.40. The number of ketones is 1. The van der Waals surface area contributed by atoms with Crippen LogP contribution in [0.4, 0.5) is 5.69 Å². The molecule has 2 fully saturated rings. The van der Waals surface area contributed by atoms with Crippen LogP contribution in [-0.4, -0.2) is 46.9 Å². The van der Waals surface area contributed by atoms with Gasteiger partial charge in [0.25, 0.3) is 17.4 Å². The van der Waals surface area contributed by atoms with E-state index in [-0.39, 0.29) is 22.9 Å². The van der Waals surface area contributed by atoms with Crippen LogP contribution < -0.4 is 9.47 Å². The number of hydrogen-bond acceptors (Lipinski definition) is 7. The predicted octanol–water partition coefficient (Wildman–Crippen LogP) is 3.98. The molecule has 0 spiro atoms. The first-order valence-corrected chi connectivity index (χ1v) is 10.6. The van der Waals surface area contributed by atoms with Crippen molar-refractivity contribution in [3.05, 3.63) is 69.3 Å². The van der Waals surface area contributed by atoms with Crippen LogP contribution in [0.15, 0.2) is 48.0 Å². The molecular formula is C24H24N2O7. The normalized spacial score (nSPS) is 20.3. The van der Waals surface area contributed by atoms with Gasteiger partial charge in [-0.25, -0.2) is 0 Å². The fourth-order valence-corrected chi connectivity index (χ4v) is 4.76. The number of methoxy groups -OCH3 is 2. The molecule has 2 aliphatic rings. The molecule has 1 saturated heterocycles. The minimum absolute atomic E-state index is 0.0838. The van der Waals surface area contributed by atoms with E-state index in [0.717, 1.165) is 25.7 Å². The second-order valence-corrected chi connectivity index (χ2v) is 8.03. The van der Waals surface area contributed by atoms with E-state index in [4.69, 9.17) is 9.47 Å². The van der Waals surface area contributed by atoms with Crippen LogP contribution in [0.25, 0.3) is 5.76 Å². The summed E-state index contributed by atoms with van der Waals surface area (Å²) in [6.07, 6.45) is 3.35. The molecule has 1 N–H and O–H groups in total. The molecule has 0 radical (unpaired) electrons. The highest BCUT2D eigenvalue weighted by Gasteiger charge is 2.50. The number of non-ortho nitro benzene ring substituents is 1. The van der Waals surface area contributed by atoms with Crippen molar-refractivity contribution in [2.45, 2.75) is 37.8 Å². The van der Waals surface area contributed by atoms with Gasteiger partial charge < -0.3 is 19.5 Å². The molecule has 2 aromatic carbocycles. The van der Waals surface area contributed by atoms with Crippen molar-refractivity contribution in [1.82, 2.24) is 4.90 Å². The van der Waals surface area contributed by atoms with Crippen LogP contribution >= 0.6 is 0 Å². The molecule has 172 valence electrons. The summed E-state index contributed by atoms with van der Waals surface area (Å²) in [5.41, 5.74) is 0.217. The number of nitro groups is 1. The van der Waals surface area contributed by atoms with Crippen molar-refractivity contribution in [3.8, 4) is 11.5 Å². The SMILES string of the molecule is COc1cccc(C2/C(=C(/O)c3cccc([N+](=O)[O-])c3)C(=O)C(=O)N2C2CCCC2)c1OC. The molecule has 4 rings (SSSR count). The van der Waals surface area contributed by atoms with E-state index in [1.165, 1.54) is 43.4 Å². The fourth-order valence-electron chi connectivity index (χ4n) is 4.76. The molecule has 1 aliphatic heterocycles. The van der Waals surface area contributed by atoms with Crippen LogP contribution in [0.1, 0.15) is 42.9 Å². The summed E-state index contributed by atoms with van der Waals surface area (Å²) in [6.45, 7) is 0. The maximum absolute atomic E-state index is 13.2. The first-order chi connectivity index (χ1) is 15.9. The van der Waals surface area contributed by atoms with E-state index in [1.807, 2.05) is 0 Å². The third-order valence-electron chi connectivity index (χ3n) is 6.26. The van der Waals surface area contributed by atoms with E-state index in [0.29, 0.717) is 17.1 Å². The molecule has 0 bridgehead atoms. The molecule has 33 heavy (non-hydrogen) atoms. The van der Waals surface area contributed by atoms with Crippen molar-refractivity contribution in [2.75, 3.05) is 14.2 Å². The summed E-state index contributed by atoms with van der Waals surface area (Å²) in [7, 11) is 2.95. The number of aliphatic hydroxyl groups is 1. The summed E-state index contributed by atoms with van der Waals surface area (Å²) < 4.78 is 11.0. The Morgan fingerprint density at radius 3 is 2.42 bits per heavy atom. The smallest absolute Gasteiger partial charge is 0.295 e. The van der Waals surface area contributed by atoms with Gasteiger partial charge in [-0.3, -0.25) is 19.7 Å². The van der Waals surface area contributed by atoms with Gasteiger partial charge >= 0.3 is 0 Å². The zero-order valence-corrected chi connectivity index (χ0v) is 18.3. The number of nitro benzene ring substituents is 1. The molecule has 9 nitrogen and oxygen atoms in total. The van der Waals surface area contributed by atoms with Gasteiger partial charge in [-0.05, 0) is 18.9 Å². The predicted molar refractivity (Wildman–Crippen MR) is 119 cm³/mol. The van der Waals surface area contributed by atoms with Gasteiger partial charge in [0.2, 0.25) is 0 Å². The lowest BCUT2D eigenvalue weighted by Gasteiger charge is -2.31. The van der Waals surface area contributed by atoms with Crippen molar-refractivity contribution in [3.63, 3.8) is 0 Å². The Morgan fingerprint density at radius 2 is 1.79 bits per heavy atom. The number of Topliss-reactive ketones (excluding diaryl/α,β-unsaturated/α-hetero) is 1. The molecule has 1 amide bonds. The lowest BCUT2D eigenvalue weighted by atomic mass is 9.93. The third kappa shape index (κ3) is 3.79. The molecule has 9 heteroatoms. The summed E-state index contributed by atoms with van der Waals surface area (Å²) in [5, 5.41) is 22.4. The minimum atomic E-state index is -0.919. The number of carbonyl (C=O) groups excluding carboxylic acids is 2. The maximum atomic E-state index is 13.2. The zero-order chi connectivity index (χ0) is 23.7. The first kappa shape index (κ1) is 22.3. The van der Waals surface area contributed by atoms with Gasteiger partial charge in [-0.15, -0.1) is 0 Å². The number of likely N-dealkylation sites (tertiary alicyclic amines) is 1. The van der Waals surface area contributed by atoms with E-state index in [1.54, 1.807) is 18.2 Å². The van der Waals surface area contributed by atoms with Crippen LogP contribution in [0.2, 0.25) is 0 Å². The van der Waals surface area contributed by atoms with E-state index >= 15 is 0 Å². The fraction of sp³-hybridized carbons (Fsp3) is 0.333. The maximum Gasteiger partial charge on any atom is 0.295 e. The highest BCUT2D eigenvalue weighted by molar-refractivity contribution is 6.46. The topological polar surface area (TPSA) is 119 Å². The summed E-state index contributed by atoms with van der Waals surface area (Å²) >= 11 is 0. The number of benzene rings is 2. The number of para-hydroxylation sites is 1. The van der Waals surface area contributed by atoms with E-state index < -0.39 is 28.4 Å². The molecular weight excluding hydrogens is 428 g/mol. The molecule has 1 saturated carbocycles. The summed E-state index contributed by atoms with van der Waals surface area (Å²) in [5.74, 6) is -1.24. The second kappa shape index (κ2) is 8.93. The highest BCUT2D eigenvalue weighted by atomic mass is 16.6. The van der Waals surface area contributed by atoms with E-state index in [2.05, 4.69) is 0 Å².